The third kappa shape index (κ3) is 2.89. The zero-order valence-electron chi connectivity index (χ0n) is 19.9. The van der Waals surface area contributed by atoms with Crippen LogP contribution in [0.2, 0.25) is 0 Å². The molecule has 4 aliphatic carbocycles. The SMILES string of the molecule is CC(=O)c1ccc2c(c1)S[C@]13CCC(=O)C=C1CC[C@@H]1C3[C@@H]2C[C@@]2(C)[C@H]1CC[C@@]2(O)C#CCO. The van der Waals surface area contributed by atoms with E-state index in [-0.39, 0.29) is 34.3 Å². The van der Waals surface area contributed by atoms with Crippen molar-refractivity contribution < 1.29 is 19.8 Å². The van der Waals surface area contributed by atoms with Crippen molar-refractivity contribution in [2.45, 2.75) is 80.0 Å². The van der Waals surface area contributed by atoms with E-state index in [1.54, 1.807) is 6.92 Å². The summed E-state index contributed by atoms with van der Waals surface area (Å²) in [6.45, 7) is 3.60. The van der Waals surface area contributed by atoms with Crippen molar-refractivity contribution in [3.05, 3.63) is 41.0 Å². The number of aliphatic hydroxyl groups excluding tert-OH is 1. The van der Waals surface area contributed by atoms with Crippen LogP contribution in [0.5, 0.6) is 0 Å². The standard InChI is InChI=1S/C29H32O4S/c1-17(31)18-4-6-21-23-16-27(2)24(9-11-28(27,33)10-3-13-30)22-7-5-19-15-20(32)8-12-29(19,26(22)23)34-25(21)14-18/h4,6,14-15,22-24,26,30,33H,5,7-9,11-13,16H2,1-2H3/t22-,23+,24-,26?,27-,28-,29+/m0/s1. The molecule has 1 aromatic carbocycles. The van der Waals surface area contributed by atoms with E-state index in [0.29, 0.717) is 30.6 Å². The van der Waals surface area contributed by atoms with Crippen LogP contribution >= 0.6 is 11.8 Å². The number of aliphatic hydroxyl groups is 2. The second-order valence-electron chi connectivity index (χ2n) is 11.4. The Morgan fingerprint density at radius 2 is 2.06 bits per heavy atom. The van der Waals surface area contributed by atoms with Crippen molar-refractivity contribution in [3.63, 3.8) is 0 Å². The minimum Gasteiger partial charge on any atom is -0.384 e. The van der Waals surface area contributed by atoms with Gasteiger partial charge < -0.3 is 10.2 Å². The van der Waals surface area contributed by atoms with Crippen LogP contribution in [0.4, 0.5) is 0 Å². The van der Waals surface area contributed by atoms with Crippen LogP contribution in [-0.4, -0.2) is 38.7 Å². The molecule has 1 heterocycles. The predicted octanol–water partition coefficient (Wildman–Crippen LogP) is 4.68. The van der Waals surface area contributed by atoms with Crippen LogP contribution in [0.1, 0.15) is 80.6 Å². The fourth-order valence-electron chi connectivity index (χ4n) is 8.53. The molecule has 1 spiro atoms. The summed E-state index contributed by atoms with van der Waals surface area (Å²) in [5.74, 6) is 7.68. The highest BCUT2D eigenvalue weighted by atomic mass is 32.2. The van der Waals surface area contributed by atoms with Crippen molar-refractivity contribution in [1.29, 1.82) is 0 Å². The molecule has 1 unspecified atom stereocenters. The van der Waals surface area contributed by atoms with Gasteiger partial charge in [0.25, 0.3) is 0 Å². The maximum atomic E-state index is 12.4. The highest BCUT2D eigenvalue weighted by Crippen LogP contribution is 2.73. The van der Waals surface area contributed by atoms with Gasteiger partial charge in [-0.15, -0.1) is 11.8 Å². The molecule has 4 nitrogen and oxygen atoms in total. The third-order valence-electron chi connectivity index (χ3n) is 10.0. The van der Waals surface area contributed by atoms with Crippen LogP contribution in [0.3, 0.4) is 0 Å². The number of rotatable bonds is 1. The van der Waals surface area contributed by atoms with Crippen molar-refractivity contribution >= 4 is 23.3 Å². The Bertz CT molecular complexity index is 1190. The molecule has 5 heteroatoms. The van der Waals surface area contributed by atoms with Gasteiger partial charge in [0, 0.05) is 27.0 Å². The van der Waals surface area contributed by atoms with Crippen LogP contribution in [-0.2, 0) is 4.79 Å². The molecule has 0 amide bonds. The number of ketones is 2. The second kappa shape index (κ2) is 7.56. The summed E-state index contributed by atoms with van der Waals surface area (Å²) < 4.78 is -0.0945. The molecule has 0 saturated heterocycles. The van der Waals surface area contributed by atoms with Gasteiger partial charge in [-0.2, -0.15) is 0 Å². The van der Waals surface area contributed by atoms with Gasteiger partial charge in [-0.1, -0.05) is 30.9 Å². The molecular weight excluding hydrogens is 444 g/mol. The van der Waals surface area contributed by atoms with Gasteiger partial charge in [0.15, 0.2) is 11.6 Å². The second-order valence-corrected chi connectivity index (χ2v) is 12.7. The molecule has 3 fully saturated rings. The van der Waals surface area contributed by atoms with E-state index >= 15 is 0 Å². The first-order chi connectivity index (χ1) is 16.2. The monoisotopic (exact) mass is 476 g/mol. The molecule has 178 valence electrons. The first kappa shape index (κ1) is 22.6. The summed E-state index contributed by atoms with van der Waals surface area (Å²) in [5, 5.41) is 21.2. The van der Waals surface area contributed by atoms with E-state index in [9.17, 15) is 19.8 Å². The quantitative estimate of drug-likeness (QED) is 0.455. The Morgan fingerprint density at radius 3 is 2.82 bits per heavy atom. The molecule has 7 atom stereocenters. The normalized spacial score (nSPS) is 41.8. The van der Waals surface area contributed by atoms with Crippen molar-refractivity contribution in [2.24, 2.45) is 23.2 Å². The zero-order chi connectivity index (χ0) is 23.9. The summed E-state index contributed by atoms with van der Waals surface area (Å²) >= 11 is 1.91. The fourth-order valence-corrected chi connectivity index (χ4v) is 10.4. The highest BCUT2D eigenvalue weighted by molar-refractivity contribution is 8.01. The number of carbonyl (C=O) groups excluding carboxylic acids is 2. The molecule has 1 aliphatic heterocycles. The average Bonchev–Trinajstić information content (AvgIpc) is 3.08. The van der Waals surface area contributed by atoms with E-state index < -0.39 is 5.60 Å². The molecule has 1 aromatic rings. The predicted molar refractivity (Wildman–Crippen MR) is 132 cm³/mol. The minimum absolute atomic E-state index is 0.0687. The number of hydrogen-bond acceptors (Lipinski definition) is 5. The third-order valence-corrected chi connectivity index (χ3v) is 11.7. The lowest BCUT2D eigenvalue weighted by Gasteiger charge is -2.64. The van der Waals surface area contributed by atoms with Crippen molar-refractivity contribution in [1.82, 2.24) is 0 Å². The van der Waals surface area contributed by atoms with E-state index in [0.717, 1.165) is 37.7 Å². The number of Topliss-reactive ketones (excluding diaryl/α,β-unsaturated/α-hetero) is 1. The van der Waals surface area contributed by atoms with Gasteiger partial charge in [0.2, 0.25) is 0 Å². The molecule has 0 aromatic heterocycles. The molecule has 2 N–H and O–H groups in total. The molecular formula is C29H32O4S. The average molecular weight is 477 g/mol. The maximum Gasteiger partial charge on any atom is 0.159 e. The smallest absolute Gasteiger partial charge is 0.159 e. The van der Waals surface area contributed by atoms with Gasteiger partial charge in [0.1, 0.15) is 12.2 Å². The molecule has 0 radical (unpaired) electrons. The Morgan fingerprint density at radius 1 is 1.24 bits per heavy atom. The van der Waals surface area contributed by atoms with Crippen molar-refractivity contribution in [2.75, 3.05) is 6.61 Å². The van der Waals surface area contributed by atoms with E-state index in [2.05, 4.69) is 30.9 Å². The topological polar surface area (TPSA) is 74.6 Å². The van der Waals surface area contributed by atoms with Gasteiger partial charge >= 0.3 is 0 Å². The van der Waals surface area contributed by atoms with Crippen LogP contribution in [0, 0.1) is 35.0 Å². The van der Waals surface area contributed by atoms with E-state index in [4.69, 9.17) is 0 Å². The lowest BCUT2D eigenvalue weighted by atomic mass is 9.46. The fraction of sp³-hybridized carbons (Fsp3) is 0.586. The number of thioether (sulfide) groups is 1. The number of benzene rings is 1. The summed E-state index contributed by atoms with van der Waals surface area (Å²) in [6.07, 6.45) is 7.81. The Labute approximate surface area is 205 Å². The first-order valence-electron chi connectivity index (χ1n) is 12.6. The largest absolute Gasteiger partial charge is 0.384 e. The zero-order valence-corrected chi connectivity index (χ0v) is 20.7. The van der Waals surface area contributed by atoms with Gasteiger partial charge in [-0.25, -0.2) is 0 Å². The Kier molecular flexibility index (Phi) is 5.02. The van der Waals surface area contributed by atoms with Gasteiger partial charge in [0.05, 0.1) is 0 Å². The Balaban J connectivity index is 1.55. The molecule has 5 aliphatic rings. The van der Waals surface area contributed by atoms with E-state index in [1.165, 1.54) is 16.0 Å². The molecule has 0 bridgehead atoms. The van der Waals surface area contributed by atoms with Crippen LogP contribution in [0.25, 0.3) is 0 Å². The lowest BCUT2D eigenvalue weighted by Crippen LogP contribution is -2.60. The van der Waals surface area contributed by atoms with Crippen LogP contribution < -0.4 is 0 Å². The van der Waals surface area contributed by atoms with Crippen LogP contribution in [0.15, 0.2) is 34.7 Å². The first-order valence-corrected chi connectivity index (χ1v) is 13.5. The summed E-state index contributed by atoms with van der Waals surface area (Å²) in [7, 11) is 0. The summed E-state index contributed by atoms with van der Waals surface area (Å²) in [5.41, 5.74) is 1.87. The molecule has 3 saturated carbocycles. The van der Waals surface area contributed by atoms with Gasteiger partial charge in [-0.3, -0.25) is 9.59 Å². The van der Waals surface area contributed by atoms with Gasteiger partial charge in [-0.05, 0) is 92.4 Å². The number of fused-ring (bicyclic) bond motifs is 4. The minimum atomic E-state index is -1.10. The number of carbonyl (C=O) groups is 2. The van der Waals surface area contributed by atoms with E-state index in [1.807, 2.05) is 23.9 Å². The highest BCUT2D eigenvalue weighted by Gasteiger charge is 2.68. The lowest BCUT2D eigenvalue weighted by molar-refractivity contribution is -0.116. The summed E-state index contributed by atoms with van der Waals surface area (Å²) in [4.78, 5) is 25.8. The number of hydrogen-bond donors (Lipinski definition) is 2. The van der Waals surface area contributed by atoms with Crippen molar-refractivity contribution in [3.8, 4) is 11.8 Å². The molecule has 34 heavy (non-hydrogen) atoms. The molecule has 6 rings (SSSR count). The summed E-state index contributed by atoms with van der Waals surface area (Å²) in [6, 6.07) is 6.17. The Hall–Kier alpha value is -1.87. The maximum absolute atomic E-state index is 12.4.